The van der Waals surface area contributed by atoms with Crippen LogP contribution in [0.4, 0.5) is 5.13 Å². The summed E-state index contributed by atoms with van der Waals surface area (Å²) in [5, 5.41) is 13.4. The number of aryl methyl sites for hydroxylation is 1. The third-order valence-electron chi connectivity index (χ3n) is 3.84. The third-order valence-corrected chi connectivity index (χ3v) is 4.90. The highest BCUT2D eigenvalue weighted by Gasteiger charge is 2.34. The van der Waals surface area contributed by atoms with Crippen LogP contribution in [0.5, 0.6) is 0 Å². The van der Waals surface area contributed by atoms with Crippen molar-refractivity contribution in [3.63, 3.8) is 0 Å². The van der Waals surface area contributed by atoms with Crippen molar-refractivity contribution in [1.82, 2.24) is 4.98 Å². The molecule has 0 saturated heterocycles. The maximum atomic E-state index is 11.1. The average molecular weight is 282 g/mol. The number of rotatable bonds is 5. The van der Waals surface area contributed by atoms with Crippen molar-refractivity contribution in [2.45, 2.75) is 50.7 Å². The SMILES string of the molecule is CCOC1CC(Nc2nc3c(s2)CCC3C(=O)O)C1. The maximum absolute atomic E-state index is 11.1. The molecular weight excluding hydrogens is 264 g/mol. The first-order valence-electron chi connectivity index (χ1n) is 6.78. The maximum Gasteiger partial charge on any atom is 0.312 e. The van der Waals surface area contributed by atoms with Gasteiger partial charge in [0.1, 0.15) is 5.92 Å². The van der Waals surface area contributed by atoms with Gasteiger partial charge in [-0.15, -0.1) is 11.3 Å². The standard InChI is InChI=1S/C13H18N2O3S/c1-2-18-8-5-7(6-8)14-13-15-11-9(12(16)17)3-4-10(11)19-13/h7-9H,2-6H2,1H3,(H,14,15)(H,16,17). The Morgan fingerprint density at radius 2 is 2.37 bits per heavy atom. The lowest BCUT2D eigenvalue weighted by atomic mass is 9.89. The molecule has 6 heteroatoms. The number of thiazole rings is 1. The molecule has 19 heavy (non-hydrogen) atoms. The number of nitrogens with one attached hydrogen (secondary N) is 1. The Morgan fingerprint density at radius 3 is 3.05 bits per heavy atom. The molecule has 104 valence electrons. The van der Waals surface area contributed by atoms with Crippen LogP contribution < -0.4 is 5.32 Å². The fourth-order valence-electron chi connectivity index (χ4n) is 2.76. The van der Waals surface area contributed by atoms with Crippen molar-refractivity contribution in [2.75, 3.05) is 11.9 Å². The lowest BCUT2D eigenvalue weighted by molar-refractivity contribution is -0.138. The first-order chi connectivity index (χ1) is 9.17. The van der Waals surface area contributed by atoms with Crippen molar-refractivity contribution < 1.29 is 14.6 Å². The quantitative estimate of drug-likeness (QED) is 0.866. The summed E-state index contributed by atoms with van der Waals surface area (Å²) in [6.07, 6.45) is 3.94. The molecule has 2 aliphatic carbocycles. The second-order valence-electron chi connectivity index (χ2n) is 5.15. The van der Waals surface area contributed by atoms with Crippen LogP contribution in [0.3, 0.4) is 0 Å². The van der Waals surface area contributed by atoms with Crippen LogP contribution in [0.2, 0.25) is 0 Å². The second-order valence-corrected chi connectivity index (χ2v) is 6.23. The van der Waals surface area contributed by atoms with Gasteiger partial charge in [0.05, 0.1) is 11.8 Å². The lowest BCUT2D eigenvalue weighted by Gasteiger charge is -2.35. The molecule has 1 unspecified atom stereocenters. The Hall–Kier alpha value is -1.14. The summed E-state index contributed by atoms with van der Waals surface area (Å²) in [5.41, 5.74) is 0.778. The number of aliphatic carboxylic acids is 1. The number of fused-ring (bicyclic) bond motifs is 1. The summed E-state index contributed by atoms with van der Waals surface area (Å²) in [5.74, 6) is -1.16. The van der Waals surface area contributed by atoms with Crippen LogP contribution in [0, 0.1) is 0 Å². The highest BCUT2D eigenvalue weighted by atomic mass is 32.1. The Labute approximate surface area is 116 Å². The third kappa shape index (κ3) is 2.47. The molecule has 0 spiro atoms. The Kier molecular flexibility index (Phi) is 3.45. The number of carboxylic acid groups (broad SMARTS) is 1. The van der Waals surface area contributed by atoms with Crippen LogP contribution in [0.25, 0.3) is 0 Å². The smallest absolute Gasteiger partial charge is 0.312 e. The van der Waals surface area contributed by atoms with Gasteiger partial charge in [0.25, 0.3) is 0 Å². The van der Waals surface area contributed by atoms with E-state index in [4.69, 9.17) is 9.84 Å². The van der Waals surface area contributed by atoms with Crippen molar-refractivity contribution in [1.29, 1.82) is 0 Å². The Balaban J connectivity index is 1.59. The number of carboxylic acids is 1. The molecule has 1 fully saturated rings. The summed E-state index contributed by atoms with van der Waals surface area (Å²) in [7, 11) is 0. The van der Waals surface area contributed by atoms with Gasteiger partial charge in [0.2, 0.25) is 0 Å². The van der Waals surface area contributed by atoms with Crippen LogP contribution in [-0.4, -0.2) is 34.8 Å². The zero-order valence-electron chi connectivity index (χ0n) is 10.9. The van der Waals surface area contributed by atoms with Gasteiger partial charge in [-0.25, -0.2) is 4.98 Å². The molecule has 0 radical (unpaired) electrons. The second kappa shape index (κ2) is 5.09. The van der Waals surface area contributed by atoms with Crippen LogP contribution in [-0.2, 0) is 16.0 Å². The number of ether oxygens (including phenoxy) is 1. The van der Waals surface area contributed by atoms with Crippen LogP contribution in [0.1, 0.15) is 42.7 Å². The molecular formula is C13H18N2O3S. The van der Waals surface area contributed by atoms with Gasteiger partial charge < -0.3 is 15.2 Å². The normalized spacial score (nSPS) is 28.8. The summed E-state index contributed by atoms with van der Waals surface area (Å²) in [4.78, 5) is 16.7. The van der Waals surface area contributed by atoms with E-state index in [0.717, 1.165) is 41.6 Å². The minimum Gasteiger partial charge on any atom is -0.481 e. The van der Waals surface area contributed by atoms with E-state index in [1.165, 1.54) is 0 Å². The Morgan fingerprint density at radius 1 is 1.58 bits per heavy atom. The summed E-state index contributed by atoms with van der Waals surface area (Å²) >= 11 is 1.61. The molecule has 0 bridgehead atoms. The zero-order chi connectivity index (χ0) is 13.4. The van der Waals surface area contributed by atoms with Gasteiger partial charge in [0, 0.05) is 17.5 Å². The van der Waals surface area contributed by atoms with E-state index >= 15 is 0 Å². The molecule has 5 nitrogen and oxygen atoms in total. The number of aromatic nitrogens is 1. The fourth-order valence-corrected chi connectivity index (χ4v) is 3.87. The molecule has 2 N–H and O–H groups in total. The van der Waals surface area contributed by atoms with E-state index < -0.39 is 11.9 Å². The molecule has 3 rings (SSSR count). The minimum absolute atomic E-state index is 0.376. The Bertz CT molecular complexity index is 482. The minimum atomic E-state index is -0.754. The van der Waals surface area contributed by atoms with Crippen LogP contribution in [0.15, 0.2) is 0 Å². The molecule has 1 atom stereocenters. The number of anilines is 1. The van der Waals surface area contributed by atoms with E-state index in [2.05, 4.69) is 10.3 Å². The molecule has 1 saturated carbocycles. The number of hydrogen-bond donors (Lipinski definition) is 2. The van der Waals surface area contributed by atoms with Crippen molar-refractivity contribution in [2.24, 2.45) is 0 Å². The van der Waals surface area contributed by atoms with E-state index in [9.17, 15) is 4.79 Å². The van der Waals surface area contributed by atoms with Crippen molar-refractivity contribution in [3.05, 3.63) is 10.6 Å². The zero-order valence-corrected chi connectivity index (χ0v) is 11.7. The van der Waals surface area contributed by atoms with Gasteiger partial charge in [-0.3, -0.25) is 4.79 Å². The van der Waals surface area contributed by atoms with E-state index in [1.807, 2.05) is 6.92 Å². The fraction of sp³-hybridized carbons (Fsp3) is 0.692. The molecule has 0 aliphatic heterocycles. The largest absolute Gasteiger partial charge is 0.481 e. The summed E-state index contributed by atoms with van der Waals surface area (Å²) in [6.45, 7) is 2.78. The van der Waals surface area contributed by atoms with E-state index in [0.29, 0.717) is 18.6 Å². The number of carbonyl (C=O) groups is 1. The summed E-state index contributed by atoms with van der Waals surface area (Å²) < 4.78 is 5.52. The van der Waals surface area contributed by atoms with Crippen molar-refractivity contribution in [3.8, 4) is 0 Å². The first kappa shape index (κ1) is 12.9. The molecule has 2 aliphatic rings. The average Bonchev–Trinajstić information content (AvgIpc) is 2.84. The number of nitrogens with zero attached hydrogens (tertiary/aromatic N) is 1. The predicted octanol–water partition coefficient (Wildman–Crippen LogP) is 2.24. The molecule has 1 aromatic heterocycles. The predicted molar refractivity (Wildman–Crippen MR) is 72.9 cm³/mol. The van der Waals surface area contributed by atoms with Gasteiger partial charge in [-0.1, -0.05) is 0 Å². The summed E-state index contributed by atoms with van der Waals surface area (Å²) in [6, 6.07) is 0.422. The molecule has 0 amide bonds. The molecule has 1 heterocycles. The lowest BCUT2D eigenvalue weighted by Crippen LogP contribution is -2.40. The number of hydrogen-bond acceptors (Lipinski definition) is 5. The highest BCUT2D eigenvalue weighted by Crippen LogP contribution is 2.39. The van der Waals surface area contributed by atoms with Crippen molar-refractivity contribution >= 4 is 22.4 Å². The topological polar surface area (TPSA) is 71.5 Å². The van der Waals surface area contributed by atoms with Gasteiger partial charge in [-0.05, 0) is 32.6 Å². The monoisotopic (exact) mass is 282 g/mol. The first-order valence-corrected chi connectivity index (χ1v) is 7.59. The van der Waals surface area contributed by atoms with Gasteiger partial charge in [0.15, 0.2) is 5.13 Å². The van der Waals surface area contributed by atoms with Gasteiger partial charge >= 0.3 is 5.97 Å². The van der Waals surface area contributed by atoms with Gasteiger partial charge in [-0.2, -0.15) is 0 Å². The highest BCUT2D eigenvalue weighted by molar-refractivity contribution is 7.15. The van der Waals surface area contributed by atoms with Crippen LogP contribution >= 0.6 is 11.3 Å². The van der Waals surface area contributed by atoms with E-state index in [-0.39, 0.29) is 0 Å². The molecule has 1 aromatic rings. The van der Waals surface area contributed by atoms with E-state index in [1.54, 1.807) is 11.3 Å². The molecule has 0 aromatic carbocycles.